The van der Waals surface area contributed by atoms with Crippen LogP contribution in [-0.2, 0) is 0 Å². The van der Waals surface area contributed by atoms with Crippen LogP contribution in [0.5, 0.6) is 6.01 Å². The molecule has 1 atom stereocenters. The van der Waals surface area contributed by atoms with Crippen molar-refractivity contribution in [2.24, 2.45) is 5.92 Å². The summed E-state index contributed by atoms with van der Waals surface area (Å²) in [6.45, 7) is 3.94. The Hall–Kier alpha value is -2.50. The zero-order valence-electron chi connectivity index (χ0n) is 13.2. The summed E-state index contributed by atoms with van der Waals surface area (Å²) in [5.74, 6) is 0.337. The Morgan fingerprint density at radius 3 is 2.91 bits per heavy atom. The Morgan fingerprint density at radius 1 is 1.35 bits per heavy atom. The maximum absolute atomic E-state index is 12.5. The summed E-state index contributed by atoms with van der Waals surface area (Å²) >= 11 is 0. The van der Waals surface area contributed by atoms with E-state index in [1.54, 1.807) is 36.9 Å². The molecule has 1 aliphatic heterocycles. The normalized spacial score (nSPS) is 17.8. The van der Waals surface area contributed by atoms with Crippen LogP contribution in [0.15, 0.2) is 36.9 Å². The minimum absolute atomic E-state index is 0.0365. The molecule has 120 valence electrons. The fraction of sp³-hybridized carbons (Fsp3) is 0.412. The van der Waals surface area contributed by atoms with Crippen molar-refractivity contribution in [2.75, 3.05) is 19.7 Å². The van der Waals surface area contributed by atoms with E-state index in [0.717, 1.165) is 24.9 Å². The van der Waals surface area contributed by atoms with Gasteiger partial charge < -0.3 is 9.64 Å². The number of likely N-dealkylation sites (tertiary alicyclic amines) is 1. The average molecular weight is 312 g/mol. The zero-order chi connectivity index (χ0) is 16.1. The summed E-state index contributed by atoms with van der Waals surface area (Å²) in [6.07, 6.45) is 8.79. The first-order valence-corrected chi connectivity index (χ1v) is 7.83. The molecule has 6 heteroatoms. The lowest BCUT2D eigenvalue weighted by Gasteiger charge is -2.32. The Kier molecular flexibility index (Phi) is 4.80. The largest absolute Gasteiger partial charge is 0.463 e. The minimum atomic E-state index is 0.0365. The molecule has 3 heterocycles. The van der Waals surface area contributed by atoms with Gasteiger partial charge >= 0.3 is 6.01 Å². The molecule has 2 aromatic rings. The highest BCUT2D eigenvalue weighted by Gasteiger charge is 2.25. The van der Waals surface area contributed by atoms with Gasteiger partial charge in [0.1, 0.15) is 0 Å². The molecule has 23 heavy (non-hydrogen) atoms. The van der Waals surface area contributed by atoms with E-state index >= 15 is 0 Å². The monoisotopic (exact) mass is 312 g/mol. The molecule has 1 fully saturated rings. The summed E-state index contributed by atoms with van der Waals surface area (Å²) in [5.41, 5.74) is 1.64. The molecular formula is C17H20N4O2. The van der Waals surface area contributed by atoms with Gasteiger partial charge in [0.05, 0.1) is 12.2 Å². The van der Waals surface area contributed by atoms with E-state index < -0.39 is 0 Å². The van der Waals surface area contributed by atoms with Crippen molar-refractivity contribution in [3.05, 3.63) is 48.0 Å². The quantitative estimate of drug-likeness (QED) is 0.865. The number of nitrogens with zero attached hydrogens (tertiary/aromatic N) is 4. The molecule has 2 aromatic heterocycles. The highest BCUT2D eigenvalue weighted by atomic mass is 16.5. The second-order valence-electron chi connectivity index (χ2n) is 5.86. The molecule has 0 N–H and O–H groups in total. The number of amides is 1. The molecule has 1 aliphatic rings. The lowest BCUT2D eigenvalue weighted by Crippen LogP contribution is -2.41. The summed E-state index contributed by atoms with van der Waals surface area (Å²) < 4.78 is 5.66. The highest BCUT2D eigenvalue weighted by Crippen LogP contribution is 2.19. The van der Waals surface area contributed by atoms with Gasteiger partial charge in [-0.15, -0.1) is 0 Å². The predicted octanol–water partition coefficient (Wildman–Crippen LogP) is 2.11. The maximum atomic E-state index is 12.5. The fourth-order valence-corrected chi connectivity index (χ4v) is 2.71. The van der Waals surface area contributed by atoms with Crippen LogP contribution in [0.25, 0.3) is 0 Å². The molecule has 0 spiro atoms. The number of carbonyl (C=O) groups excluding carboxylic acids is 1. The SMILES string of the molecule is Cc1cnc(OCC2CCCN(C(=O)c3cccnc3)C2)nc1. The Labute approximate surface area is 135 Å². The number of rotatable bonds is 4. The van der Waals surface area contributed by atoms with Crippen LogP contribution >= 0.6 is 0 Å². The lowest BCUT2D eigenvalue weighted by molar-refractivity contribution is 0.0628. The zero-order valence-corrected chi connectivity index (χ0v) is 13.2. The highest BCUT2D eigenvalue weighted by molar-refractivity contribution is 5.93. The molecule has 1 saturated heterocycles. The summed E-state index contributed by atoms with van der Waals surface area (Å²) in [6, 6.07) is 3.98. The van der Waals surface area contributed by atoms with Crippen molar-refractivity contribution in [1.82, 2.24) is 19.9 Å². The van der Waals surface area contributed by atoms with Gasteiger partial charge in [-0.1, -0.05) is 0 Å². The molecule has 0 bridgehead atoms. The molecule has 0 aromatic carbocycles. The van der Waals surface area contributed by atoms with Crippen LogP contribution in [0.2, 0.25) is 0 Å². The number of aryl methyl sites for hydroxylation is 1. The standard InChI is InChI=1S/C17H20N4O2/c1-13-8-19-17(20-9-13)23-12-14-4-3-7-21(11-14)16(22)15-5-2-6-18-10-15/h2,5-6,8-10,14H,3-4,7,11-12H2,1H3. The summed E-state index contributed by atoms with van der Waals surface area (Å²) in [5, 5.41) is 0. The van der Waals surface area contributed by atoms with Crippen molar-refractivity contribution in [3.63, 3.8) is 0 Å². The molecule has 1 amide bonds. The van der Waals surface area contributed by atoms with Gasteiger partial charge in [0.15, 0.2) is 0 Å². The molecular weight excluding hydrogens is 292 g/mol. The molecule has 3 rings (SSSR count). The maximum Gasteiger partial charge on any atom is 0.316 e. The van der Waals surface area contributed by atoms with Gasteiger partial charge in [-0.2, -0.15) is 0 Å². The van der Waals surface area contributed by atoms with Crippen molar-refractivity contribution >= 4 is 5.91 Å². The van der Waals surface area contributed by atoms with E-state index in [9.17, 15) is 4.79 Å². The third-order valence-electron chi connectivity index (χ3n) is 3.92. The van der Waals surface area contributed by atoms with E-state index in [4.69, 9.17) is 4.74 Å². The molecule has 0 saturated carbocycles. The summed E-state index contributed by atoms with van der Waals surface area (Å²) in [7, 11) is 0. The molecule has 0 radical (unpaired) electrons. The third-order valence-corrected chi connectivity index (χ3v) is 3.92. The number of ether oxygens (including phenoxy) is 1. The van der Waals surface area contributed by atoms with E-state index in [2.05, 4.69) is 15.0 Å². The lowest BCUT2D eigenvalue weighted by atomic mass is 9.98. The average Bonchev–Trinajstić information content (AvgIpc) is 2.61. The van der Waals surface area contributed by atoms with E-state index in [1.807, 2.05) is 11.8 Å². The van der Waals surface area contributed by atoms with Gasteiger partial charge in [-0.05, 0) is 37.5 Å². The fourth-order valence-electron chi connectivity index (χ4n) is 2.71. The van der Waals surface area contributed by atoms with Crippen molar-refractivity contribution in [1.29, 1.82) is 0 Å². The van der Waals surface area contributed by atoms with Crippen molar-refractivity contribution in [3.8, 4) is 6.01 Å². The van der Waals surface area contributed by atoms with E-state index in [1.165, 1.54) is 0 Å². The Balaban J connectivity index is 1.56. The van der Waals surface area contributed by atoms with Gasteiger partial charge in [0.25, 0.3) is 5.91 Å². The first-order chi connectivity index (χ1) is 11.2. The number of piperidine rings is 1. The van der Waals surface area contributed by atoms with E-state index in [-0.39, 0.29) is 5.91 Å². The first-order valence-electron chi connectivity index (χ1n) is 7.83. The van der Waals surface area contributed by atoms with Crippen LogP contribution in [-0.4, -0.2) is 45.5 Å². The summed E-state index contributed by atoms with van der Waals surface area (Å²) in [4.78, 5) is 26.7. The third kappa shape index (κ3) is 4.03. The van der Waals surface area contributed by atoms with Crippen LogP contribution in [0, 0.1) is 12.8 Å². The second-order valence-corrected chi connectivity index (χ2v) is 5.86. The number of carbonyl (C=O) groups is 1. The second kappa shape index (κ2) is 7.17. The molecule has 1 unspecified atom stereocenters. The van der Waals surface area contributed by atoms with Crippen LogP contribution < -0.4 is 4.74 Å². The van der Waals surface area contributed by atoms with Crippen molar-refractivity contribution < 1.29 is 9.53 Å². The smallest absolute Gasteiger partial charge is 0.316 e. The van der Waals surface area contributed by atoms with Crippen LogP contribution in [0.3, 0.4) is 0 Å². The van der Waals surface area contributed by atoms with Crippen LogP contribution in [0.1, 0.15) is 28.8 Å². The van der Waals surface area contributed by atoms with Gasteiger partial charge in [0.2, 0.25) is 0 Å². The number of hydrogen-bond acceptors (Lipinski definition) is 5. The van der Waals surface area contributed by atoms with Crippen molar-refractivity contribution in [2.45, 2.75) is 19.8 Å². The van der Waals surface area contributed by atoms with Gasteiger partial charge in [-0.3, -0.25) is 9.78 Å². The van der Waals surface area contributed by atoms with Gasteiger partial charge in [0, 0.05) is 43.8 Å². The first kappa shape index (κ1) is 15.4. The number of pyridine rings is 1. The topological polar surface area (TPSA) is 68.2 Å². The van der Waals surface area contributed by atoms with Crippen LogP contribution in [0.4, 0.5) is 0 Å². The minimum Gasteiger partial charge on any atom is -0.463 e. The predicted molar refractivity (Wildman–Crippen MR) is 85.1 cm³/mol. The van der Waals surface area contributed by atoms with E-state index in [0.29, 0.717) is 30.6 Å². The van der Waals surface area contributed by atoms with Gasteiger partial charge in [-0.25, -0.2) is 9.97 Å². The number of hydrogen-bond donors (Lipinski definition) is 0. The Bertz CT molecular complexity index is 645. The number of aromatic nitrogens is 3. The molecule has 6 nitrogen and oxygen atoms in total. The molecule has 0 aliphatic carbocycles. The Morgan fingerprint density at radius 2 is 2.17 bits per heavy atom.